The molecule has 168 valence electrons. The summed E-state index contributed by atoms with van der Waals surface area (Å²) in [5, 5.41) is 6.38. The molecule has 0 aromatic heterocycles. The number of rotatable bonds is 3. The maximum Gasteiger partial charge on any atom is 0.298 e. The standard InChI is InChI=1S/C25H29N3O4/c1-17(2)28-25(30)21-7-5-4-6-20(21)24(26-28)19-8-10-22(31-3)18(16-19)9-11-23(29)27-12-14-32-15-13-27/h4-5,8,10,16-17,20-21H,6-7,12-15H2,1-3H3/t20-,21+/m0/s1. The van der Waals surface area contributed by atoms with Crippen LogP contribution in [-0.2, 0) is 14.3 Å². The van der Waals surface area contributed by atoms with Crippen LogP contribution >= 0.6 is 0 Å². The van der Waals surface area contributed by atoms with Gasteiger partial charge in [-0.2, -0.15) is 5.10 Å². The Morgan fingerprint density at radius 3 is 2.59 bits per heavy atom. The van der Waals surface area contributed by atoms with Gasteiger partial charge in [-0.3, -0.25) is 9.59 Å². The highest BCUT2D eigenvalue weighted by molar-refractivity contribution is 6.07. The van der Waals surface area contributed by atoms with Crippen LogP contribution in [0.25, 0.3) is 0 Å². The molecule has 3 aliphatic rings. The average molecular weight is 436 g/mol. The number of hydrogen-bond acceptors (Lipinski definition) is 5. The minimum absolute atomic E-state index is 0.0204. The van der Waals surface area contributed by atoms with Crippen LogP contribution in [0.15, 0.2) is 35.5 Å². The molecule has 1 aromatic carbocycles. The van der Waals surface area contributed by atoms with Crippen molar-refractivity contribution in [1.82, 2.24) is 9.91 Å². The van der Waals surface area contributed by atoms with Crippen molar-refractivity contribution in [1.29, 1.82) is 0 Å². The van der Waals surface area contributed by atoms with E-state index in [9.17, 15) is 9.59 Å². The largest absolute Gasteiger partial charge is 0.495 e. The van der Waals surface area contributed by atoms with E-state index in [1.807, 2.05) is 32.0 Å². The van der Waals surface area contributed by atoms with E-state index in [4.69, 9.17) is 14.6 Å². The fourth-order valence-electron chi connectivity index (χ4n) is 4.37. The van der Waals surface area contributed by atoms with Crippen LogP contribution < -0.4 is 4.74 Å². The molecule has 2 heterocycles. The molecular formula is C25H29N3O4. The van der Waals surface area contributed by atoms with Gasteiger partial charge in [0.2, 0.25) is 5.91 Å². The molecule has 1 aromatic rings. The number of carbonyl (C=O) groups is 2. The molecule has 1 fully saturated rings. The summed E-state index contributed by atoms with van der Waals surface area (Å²) in [5.41, 5.74) is 2.42. The number of nitrogens with zero attached hydrogens (tertiary/aromatic N) is 3. The van der Waals surface area contributed by atoms with Gasteiger partial charge in [0, 0.05) is 31.0 Å². The second-order valence-corrected chi connectivity index (χ2v) is 8.49. The van der Waals surface area contributed by atoms with Gasteiger partial charge in [-0.1, -0.05) is 18.1 Å². The number of carbonyl (C=O) groups excluding carboxylic acids is 2. The molecule has 1 saturated heterocycles. The molecule has 0 spiro atoms. The first kappa shape index (κ1) is 22.1. The molecule has 0 unspecified atom stereocenters. The molecular weight excluding hydrogens is 406 g/mol. The Balaban J connectivity index is 1.69. The maximum atomic E-state index is 13.0. The Labute approximate surface area is 189 Å². The third-order valence-electron chi connectivity index (χ3n) is 6.13. The molecule has 0 bridgehead atoms. The zero-order valence-electron chi connectivity index (χ0n) is 18.8. The van der Waals surface area contributed by atoms with Crippen LogP contribution in [0.1, 0.15) is 37.8 Å². The number of ether oxygens (including phenoxy) is 2. The number of amides is 2. The van der Waals surface area contributed by atoms with E-state index in [0.717, 1.165) is 24.1 Å². The predicted octanol–water partition coefficient (Wildman–Crippen LogP) is 2.44. The van der Waals surface area contributed by atoms with Gasteiger partial charge in [0.15, 0.2) is 0 Å². The van der Waals surface area contributed by atoms with Crippen LogP contribution in [0.3, 0.4) is 0 Å². The molecule has 1 aliphatic carbocycles. The van der Waals surface area contributed by atoms with Gasteiger partial charge in [-0.25, -0.2) is 5.01 Å². The topological polar surface area (TPSA) is 71.4 Å². The van der Waals surface area contributed by atoms with E-state index in [1.165, 1.54) is 0 Å². The lowest BCUT2D eigenvalue weighted by Gasteiger charge is -2.38. The molecule has 7 nitrogen and oxygen atoms in total. The van der Waals surface area contributed by atoms with Crippen LogP contribution in [0.5, 0.6) is 5.75 Å². The summed E-state index contributed by atoms with van der Waals surface area (Å²) in [6, 6.07) is 5.70. The van der Waals surface area contributed by atoms with Gasteiger partial charge in [0.1, 0.15) is 5.75 Å². The fourth-order valence-corrected chi connectivity index (χ4v) is 4.37. The second kappa shape index (κ2) is 9.58. The van der Waals surface area contributed by atoms with E-state index in [0.29, 0.717) is 37.6 Å². The first-order valence-corrected chi connectivity index (χ1v) is 11.1. The summed E-state index contributed by atoms with van der Waals surface area (Å²) in [6.07, 6.45) is 5.72. The van der Waals surface area contributed by atoms with Crippen molar-refractivity contribution in [2.75, 3.05) is 33.4 Å². The summed E-state index contributed by atoms with van der Waals surface area (Å²) >= 11 is 0. The number of fused-ring (bicyclic) bond motifs is 1. The minimum Gasteiger partial charge on any atom is -0.495 e. The number of hydrazone groups is 1. The van der Waals surface area contributed by atoms with Gasteiger partial charge in [0.05, 0.1) is 37.5 Å². The predicted molar refractivity (Wildman–Crippen MR) is 121 cm³/mol. The lowest BCUT2D eigenvalue weighted by molar-refractivity contribution is -0.139. The summed E-state index contributed by atoms with van der Waals surface area (Å²) in [7, 11) is 1.59. The van der Waals surface area contributed by atoms with Gasteiger partial charge < -0.3 is 14.4 Å². The monoisotopic (exact) mass is 435 g/mol. The molecule has 2 amide bonds. The zero-order valence-corrected chi connectivity index (χ0v) is 18.8. The number of hydrogen-bond donors (Lipinski definition) is 0. The molecule has 2 atom stereocenters. The van der Waals surface area contributed by atoms with Crippen LogP contribution in [0.2, 0.25) is 0 Å². The Morgan fingerprint density at radius 2 is 1.91 bits per heavy atom. The highest BCUT2D eigenvalue weighted by Crippen LogP contribution is 2.36. The van der Waals surface area contributed by atoms with Crippen molar-refractivity contribution in [3.63, 3.8) is 0 Å². The number of methoxy groups -OCH3 is 1. The smallest absolute Gasteiger partial charge is 0.298 e. The van der Waals surface area contributed by atoms with Gasteiger partial charge in [-0.05, 0) is 50.5 Å². The molecule has 0 N–H and O–H groups in total. The zero-order chi connectivity index (χ0) is 22.7. The van der Waals surface area contributed by atoms with Crippen molar-refractivity contribution in [3.05, 3.63) is 41.5 Å². The summed E-state index contributed by atoms with van der Waals surface area (Å²) in [6.45, 7) is 6.12. The molecule has 4 rings (SSSR count). The van der Waals surface area contributed by atoms with Crippen molar-refractivity contribution < 1.29 is 19.1 Å². The van der Waals surface area contributed by atoms with E-state index in [2.05, 4.69) is 24.0 Å². The van der Waals surface area contributed by atoms with E-state index < -0.39 is 0 Å². The highest BCUT2D eigenvalue weighted by Gasteiger charge is 2.40. The lowest BCUT2D eigenvalue weighted by atomic mass is 9.76. The number of allylic oxidation sites excluding steroid dienone is 2. The van der Waals surface area contributed by atoms with E-state index >= 15 is 0 Å². The average Bonchev–Trinajstić information content (AvgIpc) is 2.83. The Morgan fingerprint density at radius 1 is 1.19 bits per heavy atom. The van der Waals surface area contributed by atoms with Crippen molar-refractivity contribution in [3.8, 4) is 17.6 Å². The Kier molecular flexibility index (Phi) is 6.61. The molecule has 7 heteroatoms. The normalized spacial score (nSPS) is 22.8. The highest BCUT2D eigenvalue weighted by atomic mass is 16.5. The van der Waals surface area contributed by atoms with Gasteiger partial charge in [-0.15, -0.1) is 0 Å². The third-order valence-corrected chi connectivity index (χ3v) is 6.13. The van der Waals surface area contributed by atoms with Crippen molar-refractivity contribution in [2.45, 2.75) is 32.7 Å². The van der Waals surface area contributed by atoms with E-state index in [1.54, 1.807) is 17.0 Å². The van der Waals surface area contributed by atoms with Gasteiger partial charge in [0.25, 0.3) is 5.91 Å². The second-order valence-electron chi connectivity index (χ2n) is 8.49. The van der Waals surface area contributed by atoms with Crippen LogP contribution in [0, 0.1) is 23.7 Å². The SMILES string of the molecule is COc1ccc(C2=NN(C(C)C)C(=O)[C@@H]3CC=CC[C@H]23)cc1C#CC(=O)N1CCOCC1. The Hall–Kier alpha value is -3.11. The van der Waals surface area contributed by atoms with Gasteiger partial charge >= 0.3 is 0 Å². The Bertz CT molecular complexity index is 1010. The fraction of sp³-hybridized carbons (Fsp3) is 0.480. The third kappa shape index (κ3) is 4.42. The van der Waals surface area contributed by atoms with Crippen molar-refractivity contribution >= 4 is 17.5 Å². The lowest BCUT2D eigenvalue weighted by Crippen LogP contribution is -2.47. The molecule has 0 radical (unpaired) electrons. The van der Waals surface area contributed by atoms with Crippen LogP contribution in [0.4, 0.5) is 0 Å². The number of morpholine rings is 1. The maximum absolute atomic E-state index is 13.0. The summed E-state index contributed by atoms with van der Waals surface area (Å²) in [4.78, 5) is 27.1. The molecule has 32 heavy (non-hydrogen) atoms. The quantitative estimate of drug-likeness (QED) is 0.540. The first-order valence-electron chi connectivity index (χ1n) is 11.1. The molecule has 0 saturated carbocycles. The van der Waals surface area contributed by atoms with Crippen LogP contribution in [-0.4, -0.2) is 66.9 Å². The minimum atomic E-state index is -0.218. The number of benzene rings is 1. The summed E-state index contributed by atoms with van der Waals surface area (Å²) in [5.74, 6) is 6.15. The molecule has 2 aliphatic heterocycles. The summed E-state index contributed by atoms with van der Waals surface area (Å²) < 4.78 is 10.8. The van der Waals surface area contributed by atoms with E-state index in [-0.39, 0.29) is 29.7 Å². The first-order chi connectivity index (χ1) is 15.5. The van der Waals surface area contributed by atoms with Crippen molar-refractivity contribution in [2.24, 2.45) is 16.9 Å².